The molecule has 6 nitrogen and oxygen atoms in total. The molecule has 0 aromatic heterocycles. The maximum atomic E-state index is 12.0. The molecule has 1 unspecified atom stereocenters. The van der Waals surface area contributed by atoms with E-state index in [-0.39, 0.29) is 11.9 Å². The number of carbonyl (C=O) groups is 1. The smallest absolute Gasteiger partial charge is 0.238 e. The zero-order valence-corrected chi connectivity index (χ0v) is 11.2. The van der Waals surface area contributed by atoms with Gasteiger partial charge in [0.25, 0.3) is 0 Å². The summed E-state index contributed by atoms with van der Waals surface area (Å²) in [6.07, 6.45) is 0. The highest BCUT2D eigenvalue weighted by Crippen LogP contribution is 2.07. The summed E-state index contributed by atoms with van der Waals surface area (Å²) in [5, 5.41) is 6.12. The second-order valence-corrected chi connectivity index (χ2v) is 4.83. The topological polar surface area (TPSA) is 56.8 Å². The van der Waals surface area contributed by atoms with Crippen molar-refractivity contribution < 1.29 is 9.53 Å². The van der Waals surface area contributed by atoms with Crippen molar-refractivity contribution in [2.75, 3.05) is 66.1 Å². The summed E-state index contributed by atoms with van der Waals surface area (Å²) < 4.78 is 5.36. The fourth-order valence-electron chi connectivity index (χ4n) is 2.56. The number of nitrogens with zero attached hydrogens (tertiary/aromatic N) is 2. The van der Waals surface area contributed by atoms with Crippen LogP contribution in [-0.2, 0) is 9.53 Å². The van der Waals surface area contributed by atoms with Gasteiger partial charge in [-0.15, -0.1) is 0 Å². The van der Waals surface area contributed by atoms with Crippen LogP contribution < -0.4 is 10.6 Å². The fourth-order valence-corrected chi connectivity index (χ4v) is 2.56. The maximum Gasteiger partial charge on any atom is 0.238 e. The fraction of sp³-hybridized carbons (Fsp3) is 0.917. The minimum atomic E-state index is -0.0444. The van der Waals surface area contributed by atoms with Gasteiger partial charge in [0.05, 0.1) is 13.2 Å². The van der Waals surface area contributed by atoms with Crippen molar-refractivity contribution in [3.8, 4) is 0 Å². The molecule has 2 saturated heterocycles. The quantitative estimate of drug-likeness (QED) is 0.630. The van der Waals surface area contributed by atoms with Gasteiger partial charge >= 0.3 is 0 Å². The van der Waals surface area contributed by atoms with E-state index < -0.39 is 0 Å². The highest BCUT2D eigenvalue weighted by atomic mass is 16.5. The first kappa shape index (κ1) is 13.7. The first-order chi connectivity index (χ1) is 8.81. The van der Waals surface area contributed by atoms with Gasteiger partial charge in [-0.3, -0.25) is 14.6 Å². The summed E-state index contributed by atoms with van der Waals surface area (Å²) in [6, 6.07) is -0.0444. The Morgan fingerprint density at radius 1 is 1.28 bits per heavy atom. The molecule has 2 rings (SSSR count). The van der Waals surface area contributed by atoms with E-state index in [1.54, 1.807) is 7.05 Å². The van der Waals surface area contributed by atoms with E-state index in [4.69, 9.17) is 4.74 Å². The van der Waals surface area contributed by atoms with E-state index in [9.17, 15) is 4.79 Å². The molecule has 2 fully saturated rings. The summed E-state index contributed by atoms with van der Waals surface area (Å²) in [5.41, 5.74) is 0. The molecule has 1 amide bonds. The van der Waals surface area contributed by atoms with Crippen molar-refractivity contribution in [2.24, 2.45) is 0 Å². The molecule has 0 aromatic rings. The normalized spacial score (nSPS) is 24.7. The average Bonchev–Trinajstić information content (AvgIpc) is 2.46. The molecule has 0 spiro atoms. The number of hydrogen-bond donors (Lipinski definition) is 2. The van der Waals surface area contributed by atoms with E-state index >= 15 is 0 Å². The predicted octanol–water partition coefficient (Wildman–Crippen LogP) is -1.66. The van der Waals surface area contributed by atoms with Gasteiger partial charge in [-0.05, 0) is 0 Å². The number of amides is 1. The van der Waals surface area contributed by atoms with Gasteiger partial charge in [0.1, 0.15) is 6.04 Å². The van der Waals surface area contributed by atoms with Crippen LogP contribution in [0.4, 0.5) is 0 Å². The molecule has 6 heteroatoms. The second-order valence-electron chi connectivity index (χ2n) is 4.83. The molecule has 18 heavy (non-hydrogen) atoms. The lowest BCUT2D eigenvalue weighted by molar-refractivity contribution is -0.128. The highest BCUT2D eigenvalue weighted by Gasteiger charge is 2.28. The third-order valence-corrected chi connectivity index (χ3v) is 3.68. The predicted molar refractivity (Wildman–Crippen MR) is 69.6 cm³/mol. The Labute approximate surface area is 109 Å². The Morgan fingerprint density at radius 3 is 2.56 bits per heavy atom. The Bertz CT molecular complexity index is 263. The lowest BCUT2D eigenvalue weighted by Gasteiger charge is -2.37. The maximum absolute atomic E-state index is 12.0. The SMILES string of the molecule is CNC(=O)C(CN1CCNCC1)N1CCOCC1. The molecule has 0 radical (unpaired) electrons. The Hall–Kier alpha value is -0.690. The van der Waals surface area contributed by atoms with Crippen molar-refractivity contribution in [1.82, 2.24) is 20.4 Å². The van der Waals surface area contributed by atoms with Crippen molar-refractivity contribution >= 4 is 5.91 Å². The second kappa shape index (κ2) is 7.04. The average molecular weight is 256 g/mol. The van der Waals surface area contributed by atoms with Crippen LogP contribution in [0.3, 0.4) is 0 Å². The molecule has 0 aliphatic carbocycles. The van der Waals surface area contributed by atoms with Gasteiger partial charge in [-0.2, -0.15) is 0 Å². The summed E-state index contributed by atoms with van der Waals surface area (Å²) >= 11 is 0. The van der Waals surface area contributed by atoms with Crippen molar-refractivity contribution in [3.63, 3.8) is 0 Å². The zero-order chi connectivity index (χ0) is 12.8. The molecule has 2 N–H and O–H groups in total. The molecule has 2 aliphatic rings. The van der Waals surface area contributed by atoms with Crippen molar-refractivity contribution in [2.45, 2.75) is 6.04 Å². The highest BCUT2D eigenvalue weighted by molar-refractivity contribution is 5.81. The Morgan fingerprint density at radius 2 is 1.94 bits per heavy atom. The monoisotopic (exact) mass is 256 g/mol. The van der Waals surface area contributed by atoms with E-state index in [0.29, 0.717) is 0 Å². The van der Waals surface area contributed by atoms with Gasteiger partial charge in [-0.1, -0.05) is 0 Å². The molecule has 0 aromatic carbocycles. The van der Waals surface area contributed by atoms with Crippen molar-refractivity contribution in [3.05, 3.63) is 0 Å². The Balaban J connectivity index is 1.92. The summed E-state index contributed by atoms with van der Waals surface area (Å²) in [6.45, 7) is 8.07. The van der Waals surface area contributed by atoms with Crippen LogP contribution in [-0.4, -0.2) is 87.8 Å². The van der Waals surface area contributed by atoms with E-state index in [2.05, 4.69) is 20.4 Å². The standard InChI is InChI=1S/C12H24N4O2/c1-13-12(17)11(16-6-8-18-9-7-16)10-15-4-2-14-3-5-15/h11,14H,2-10H2,1H3,(H,13,17). The van der Waals surface area contributed by atoms with Gasteiger partial charge in [0.2, 0.25) is 5.91 Å². The first-order valence-corrected chi connectivity index (χ1v) is 6.77. The van der Waals surface area contributed by atoms with Gasteiger partial charge in [-0.25, -0.2) is 0 Å². The van der Waals surface area contributed by atoms with Gasteiger partial charge in [0, 0.05) is 52.9 Å². The van der Waals surface area contributed by atoms with Crippen LogP contribution in [0, 0.1) is 0 Å². The largest absolute Gasteiger partial charge is 0.379 e. The van der Waals surface area contributed by atoms with Crippen LogP contribution in [0.1, 0.15) is 0 Å². The number of hydrogen-bond acceptors (Lipinski definition) is 5. The summed E-state index contributed by atoms with van der Waals surface area (Å²) in [5.74, 6) is 0.121. The number of piperazine rings is 1. The summed E-state index contributed by atoms with van der Waals surface area (Å²) in [4.78, 5) is 16.7. The van der Waals surface area contributed by atoms with Crippen LogP contribution in [0.2, 0.25) is 0 Å². The minimum absolute atomic E-state index is 0.0444. The molecule has 104 valence electrons. The number of likely N-dealkylation sites (N-methyl/N-ethyl adjacent to an activating group) is 1. The Kier molecular flexibility index (Phi) is 5.37. The van der Waals surface area contributed by atoms with Gasteiger partial charge < -0.3 is 15.4 Å². The first-order valence-electron chi connectivity index (χ1n) is 6.77. The van der Waals surface area contributed by atoms with E-state index in [0.717, 1.165) is 59.0 Å². The molecule has 0 bridgehead atoms. The molecule has 2 aliphatic heterocycles. The zero-order valence-electron chi connectivity index (χ0n) is 11.2. The van der Waals surface area contributed by atoms with Crippen molar-refractivity contribution in [1.29, 1.82) is 0 Å². The van der Waals surface area contributed by atoms with Crippen LogP contribution in [0.25, 0.3) is 0 Å². The number of ether oxygens (including phenoxy) is 1. The lowest BCUT2D eigenvalue weighted by atomic mass is 10.2. The molecular formula is C12H24N4O2. The lowest BCUT2D eigenvalue weighted by Crippen LogP contribution is -2.57. The number of morpholine rings is 1. The summed E-state index contributed by atoms with van der Waals surface area (Å²) in [7, 11) is 1.72. The number of nitrogens with one attached hydrogen (secondary N) is 2. The van der Waals surface area contributed by atoms with Crippen LogP contribution in [0.5, 0.6) is 0 Å². The number of rotatable bonds is 4. The third-order valence-electron chi connectivity index (χ3n) is 3.68. The van der Waals surface area contributed by atoms with E-state index in [1.807, 2.05) is 0 Å². The molecule has 1 atom stereocenters. The van der Waals surface area contributed by atoms with E-state index in [1.165, 1.54) is 0 Å². The molecule has 2 heterocycles. The number of carbonyl (C=O) groups excluding carboxylic acids is 1. The molecule has 0 saturated carbocycles. The van der Waals surface area contributed by atoms with Crippen LogP contribution >= 0.6 is 0 Å². The minimum Gasteiger partial charge on any atom is -0.379 e. The molecular weight excluding hydrogens is 232 g/mol. The third kappa shape index (κ3) is 3.65. The van der Waals surface area contributed by atoms with Gasteiger partial charge in [0.15, 0.2) is 0 Å². The van der Waals surface area contributed by atoms with Crippen LogP contribution in [0.15, 0.2) is 0 Å².